The topological polar surface area (TPSA) is 59.1 Å². The number of benzene rings is 2. The summed E-state index contributed by atoms with van der Waals surface area (Å²) in [5.74, 6) is 1.76. The van der Waals surface area contributed by atoms with E-state index in [1.807, 2.05) is 6.07 Å². The van der Waals surface area contributed by atoms with Crippen LogP contribution < -0.4 is 9.47 Å². The molecule has 4 aliphatic rings. The van der Waals surface area contributed by atoms with Crippen LogP contribution in [0.4, 0.5) is 0 Å². The standard InChI is InChI=1S/C34H44N2O4/c1-23(37)22-36-20-18-34-27-15-16-28(35(3)19-10-5-4-7-11-25-12-8-6-9-13-25)33(34)40-32-30(39-24(2)38)17-14-26(31(32)34)21-29(27)36/h6,8-9,12-14,17,27-29,33H,4-5,7,10-11,15-16,18-22H2,1-3H3/t27-,28+,29+,33-,34-/m0/s1. The Kier molecular flexibility index (Phi) is 7.75. The minimum absolute atomic E-state index is 0.0436. The first-order valence-electron chi connectivity index (χ1n) is 15.4. The summed E-state index contributed by atoms with van der Waals surface area (Å²) in [7, 11) is 2.27. The van der Waals surface area contributed by atoms with Gasteiger partial charge in [0.1, 0.15) is 11.9 Å². The Balaban J connectivity index is 1.19. The third-order valence-electron chi connectivity index (χ3n) is 10.2. The van der Waals surface area contributed by atoms with Crippen molar-refractivity contribution >= 4 is 11.8 Å². The minimum Gasteiger partial charge on any atom is -0.484 e. The Labute approximate surface area is 239 Å². The molecule has 1 spiro atoms. The van der Waals surface area contributed by atoms with Crippen molar-refractivity contribution < 1.29 is 19.1 Å². The number of carbonyl (C=O) groups is 2. The largest absolute Gasteiger partial charge is 0.484 e. The van der Waals surface area contributed by atoms with E-state index in [0.717, 1.165) is 50.9 Å². The lowest BCUT2D eigenvalue weighted by molar-refractivity contribution is -0.132. The van der Waals surface area contributed by atoms with Gasteiger partial charge >= 0.3 is 5.97 Å². The highest BCUT2D eigenvalue weighted by Crippen LogP contribution is 2.64. The number of nitrogens with zero attached hydrogens (tertiary/aromatic N) is 2. The lowest BCUT2D eigenvalue weighted by Crippen LogP contribution is -2.68. The number of Topliss-reactive ketones (excluding diaryl/α,β-unsaturated/α-hetero) is 1. The Morgan fingerprint density at radius 3 is 2.62 bits per heavy atom. The molecule has 2 bridgehead atoms. The quantitative estimate of drug-likeness (QED) is 0.216. The van der Waals surface area contributed by atoms with Gasteiger partial charge in [0.05, 0.1) is 6.54 Å². The van der Waals surface area contributed by atoms with Gasteiger partial charge in [-0.15, -0.1) is 0 Å². The molecule has 2 aliphatic heterocycles. The summed E-state index contributed by atoms with van der Waals surface area (Å²) in [5, 5.41) is 0. The molecule has 0 N–H and O–H groups in total. The van der Waals surface area contributed by atoms with Crippen LogP contribution in [0.3, 0.4) is 0 Å². The molecule has 1 saturated carbocycles. The molecule has 5 atom stereocenters. The van der Waals surface area contributed by atoms with E-state index < -0.39 is 0 Å². The van der Waals surface area contributed by atoms with E-state index in [1.54, 1.807) is 6.92 Å². The highest BCUT2D eigenvalue weighted by atomic mass is 16.6. The number of likely N-dealkylation sites (N-methyl/N-ethyl adjacent to an activating group) is 1. The van der Waals surface area contributed by atoms with Gasteiger partial charge in [-0.2, -0.15) is 0 Å². The number of unbranched alkanes of at least 4 members (excludes halogenated alkanes) is 3. The number of rotatable bonds is 11. The fourth-order valence-electron chi connectivity index (χ4n) is 8.61. The lowest BCUT2D eigenvalue weighted by atomic mass is 9.51. The Hall–Kier alpha value is -2.70. The van der Waals surface area contributed by atoms with Gasteiger partial charge in [0.15, 0.2) is 11.5 Å². The number of carbonyl (C=O) groups excluding carboxylic acids is 2. The lowest BCUT2D eigenvalue weighted by Gasteiger charge is -2.60. The van der Waals surface area contributed by atoms with Crippen LogP contribution in [-0.2, 0) is 27.8 Å². The van der Waals surface area contributed by atoms with Gasteiger partial charge in [-0.05, 0) is 95.1 Å². The highest BCUT2D eigenvalue weighted by molar-refractivity contribution is 5.78. The zero-order valence-electron chi connectivity index (χ0n) is 24.4. The van der Waals surface area contributed by atoms with Crippen molar-refractivity contribution in [1.82, 2.24) is 9.80 Å². The average Bonchev–Trinajstić information content (AvgIpc) is 3.28. The summed E-state index contributed by atoms with van der Waals surface area (Å²) in [6.45, 7) is 5.68. The summed E-state index contributed by atoms with van der Waals surface area (Å²) in [6.07, 6.45) is 10.3. The first-order chi connectivity index (χ1) is 19.4. The number of hydrogen-bond acceptors (Lipinski definition) is 6. The molecular formula is C34H44N2O4. The molecule has 2 aromatic rings. The van der Waals surface area contributed by atoms with Crippen molar-refractivity contribution in [2.24, 2.45) is 5.92 Å². The van der Waals surface area contributed by atoms with Gasteiger partial charge in [-0.3, -0.25) is 19.4 Å². The van der Waals surface area contributed by atoms with Gasteiger partial charge in [0.25, 0.3) is 0 Å². The molecule has 2 aromatic carbocycles. The molecule has 6 nitrogen and oxygen atoms in total. The fourth-order valence-corrected chi connectivity index (χ4v) is 8.61. The zero-order chi connectivity index (χ0) is 27.9. The van der Waals surface area contributed by atoms with E-state index in [-0.39, 0.29) is 23.3 Å². The van der Waals surface area contributed by atoms with Crippen molar-refractivity contribution in [2.75, 3.05) is 26.7 Å². The number of esters is 1. The smallest absolute Gasteiger partial charge is 0.308 e. The summed E-state index contributed by atoms with van der Waals surface area (Å²) in [6, 6.07) is 15.5. The van der Waals surface area contributed by atoms with E-state index in [9.17, 15) is 9.59 Å². The maximum atomic E-state index is 12.2. The minimum atomic E-state index is -0.311. The van der Waals surface area contributed by atoms with E-state index in [2.05, 4.69) is 53.2 Å². The van der Waals surface area contributed by atoms with Crippen LogP contribution in [0.25, 0.3) is 0 Å². The maximum absolute atomic E-state index is 12.2. The van der Waals surface area contributed by atoms with Crippen LogP contribution >= 0.6 is 0 Å². The Bertz CT molecular complexity index is 1250. The van der Waals surface area contributed by atoms with Crippen LogP contribution in [0.2, 0.25) is 0 Å². The molecule has 0 aromatic heterocycles. The summed E-state index contributed by atoms with van der Waals surface area (Å²) < 4.78 is 12.6. The van der Waals surface area contributed by atoms with Gasteiger partial charge in [-0.1, -0.05) is 49.2 Å². The molecule has 2 fully saturated rings. The van der Waals surface area contributed by atoms with Gasteiger partial charge < -0.3 is 9.47 Å². The zero-order valence-corrected chi connectivity index (χ0v) is 24.4. The summed E-state index contributed by atoms with van der Waals surface area (Å²) >= 11 is 0. The third kappa shape index (κ3) is 4.87. The van der Waals surface area contributed by atoms with Crippen molar-refractivity contribution in [2.45, 2.75) is 95.2 Å². The number of ether oxygens (including phenoxy) is 2. The highest BCUT2D eigenvalue weighted by Gasteiger charge is 2.66. The van der Waals surface area contributed by atoms with Crippen LogP contribution in [0, 0.1) is 5.92 Å². The van der Waals surface area contributed by atoms with E-state index in [4.69, 9.17) is 9.47 Å². The number of aryl methyl sites for hydroxylation is 1. The number of likely N-dealkylation sites (tertiary alicyclic amines) is 1. The Morgan fingerprint density at radius 2 is 1.85 bits per heavy atom. The number of piperidine rings is 1. The third-order valence-corrected chi connectivity index (χ3v) is 10.2. The van der Waals surface area contributed by atoms with E-state index in [1.165, 1.54) is 49.3 Å². The molecule has 2 heterocycles. The van der Waals surface area contributed by atoms with E-state index in [0.29, 0.717) is 30.3 Å². The average molecular weight is 545 g/mol. The van der Waals surface area contributed by atoms with Gasteiger partial charge in [-0.25, -0.2) is 0 Å². The van der Waals surface area contributed by atoms with Gasteiger partial charge in [0, 0.05) is 30.0 Å². The van der Waals surface area contributed by atoms with E-state index >= 15 is 0 Å². The van der Waals surface area contributed by atoms with Crippen molar-refractivity contribution in [1.29, 1.82) is 0 Å². The molecule has 214 valence electrons. The van der Waals surface area contributed by atoms with Crippen LogP contribution in [0.1, 0.15) is 75.5 Å². The first kappa shape index (κ1) is 27.5. The maximum Gasteiger partial charge on any atom is 0.308 e. The van der Waals surface area contributed by atoms with Crippen molar-refractivity contribution in [3.05, 3.63) is 59.2 Å². The molecule has 0 unspecified atom stereocenters. The second kappa shape index (κ2) is 11.3. The predicted molar refractivity (Wildman–Crippen MR) is 156 cm³/mol. The number of ketones is 1. The van der Waals surface area contributed by atoms with Crippen molar-refractivity contribution in [3.8, 4) is 11.5 Å². The normalized spacial score (nSPS) is 28.2. The van der Waals surface area contributed by atoms with Crippen LogP contribution in [0.15, 0.2) is 42.5 Å². The van der Waals surface area contributed by atoms with Gasteiger partial charge in [0.2, 0.25) is 0 Å². The summed E-state index contributed by atoms with van der Waals surface area (Å²) in [5.41, 5.74) is 3.97. The molecule has 0 amide bonds. The molecule has 6 rings (SSSR count). The fraction of sp³-hybridized carbons (Fsp3) is 0.588. The second-order valence-electron chi connectivity index (χ2n) is 12.7. The number of hydrogen-bond donors (Lipinski definition) is 0. The van der Waals surface area contributed by atoms with Crippen LogP contribution in [-0.4, -0.2) is 66.4 Å². The Morgan fingerprint density at radius 1 is 1.05 bits per heavy atom. The van der Waals surface area contributed by atoms with Crippen LogP contribution in [0.5, 0.6) is 11.5 Å². The second-order valence-corrected chi connectivity index (χ2v) is 12.7. The monoisotopic (exact) mass is 544 g/mol. The molecular weight excluding hydrogens is 500 g/mol. The predicted octanol–water partition coefficient (Wildman–Crippen LogP) is 5.34. The molecule has 0 radical (unpaired) electrons. The summed E-state index contributed by atoms with van der Waals surface area (Å²) in [4.78, 5) is 29.1. The molecule has 1 saturated heterocycles. The SMILES string of the molecule is CC(=O)CN1CC[C@]23c4c5ccc(OC(C)=O)c4O[C@H]2[C@H](N(C)CCCCCCc2ccccc2)CC[C@H]3[C@H]1C5. The molecule has 40 heavy (non-hydrogen) atoms. The van der Waals surface area contributed by atoms with Crippen molar-refractivity contribution in [3.63, 3.8) is 0 Å². The first-order valence-corrected chi connectivity index (χ1v) is 15.4. The molecule has 2 aliphatic carbocycles. The molecule has 6 heteroatoms.